The van der Waals surface area contributed by atoms with Crippen molar-refractivity contribution in [2.75, 3.05) is 0 Å². The highest BCUT2D eigenvalue weighted by Gasteiger charge is 2.45. The molecular formula is C22H36FNO2. The molecule has 1 N–H and O–H groups in total. The largest absolute Gasteiger partial charge is 0.346 e. The Balaban J connectivity index is 0.00000146. The summed E-state index contributed by atoms with van der Waals surface area (Å²) in [6.07, 6.45) is 1.17. The fourth-order valence-electron chi connectivity index (χ4n) is 2.80. The van der Waals surface area contributed by atoms with Gasteiger partial charge in [0.2, 0.25) is 5.91 Å². The number of hydrogen-bond acceptors (Lipinski definition) is 2. The van der Waals surface area contributed by atoms with Crippen LogP contribution in [0.3, 0.4) is 0 Å². The predicted octanol–water partition coefficient (Wildman–Crippen LogP) is 5.49. The molecule has 1 aromatic carbocycles. The number of rotatable bonds is 5. The summed E-state index contributed by atoms with van der Waals surface area (Å²) in [6.45, 7) is 15.7. The third-order valence-corrected chi connectivity index (χ3v) is 4.25. The van der Waals surface area contributed by atoms with Crippen LogP contribution in [0.2, 0.25) is 0 Å². The Labute approximate surface area is 158 Å². The summed E-state index contributed by atoms with van der Waals surface area (Å²) in [4.78, 5) is 24.5. The van der Waals surface area contributed by atoms with Crippen LogP contribution in [0, 0.1) is 17.2 Å². The zero-order chi connectivity index (χ0) is 20.5. The van der Waals surface area contributed by atoms with Gasteiger partial charge in [-0.2, -0.15) is 0 Å². The first kappa shape index (κ1) is 24.3. The molecule has 1 aromatic rings. The molecule has 1 fully saturated rings. The number of hydrogen-bond donors (Lipinski definition) is 1. The van der Waals surface area contributed by atoms with Crippen LogP contribution in [0.25, 0.3) is 0 Å². The molecule has 4 heteroatoms. The zero-order valence-electron chi connectivity index (χ0n) is 17.7. The fourth-order valence-corrected chi connectivity index (χ4v) is 2.80. The Hall–Kier alpha value is -1.71. The lowest BCUT2D eigenvalue weighted by Crippen LogP contribution is -2.49. The van der Waals surface area contributed by atoms with E-state index in [4.69, 9.17) is 0 Å². The van der Waals surface area contributed by atoms with Gasteiger partial charge < -0.3 is 5.32 Å². The Morgan fingerprint density at radius 3 is 2.04 bits per heavy atom. The van der Waals surface area contributed by atoms with Crippen molar-refractivity contribution in [3.05, 3.63) is 35.6 Å². The molecule has 0 heterocycles. The minimum absolute atomic E-state index is 0.0554. The molecule has 0 aromatic heterocycles. The number of ketones is 1. The van der Waals surface area contributed by atoms with Crippen LogP contribution in [-0.4, -0.2) is 17.7 Å². The van der Waals surface area contributed by atoms with E-state index in [1.165, 1.54) is 12.1 Å². The molecule has 3 atom stereocenters. The lowest BCUT2D eigenvalue weighted by Gasteiger charge is -2.30. The maximum Gasteiger partial charge on any atom is 0.224 e. The third kappa shape index (κ3) is 6.89. The SMILES string of the molecule is CC.CC.CCC(=O)C(NC(=O)C1C[C@H]1c1ccc(F)cc1)C(C)(C)C. The smallest absolute Gasteiger partial charge is 0.224 e. The minimum Gasteiger partial charge on any atom is -0.346 e. The van der Waals surface area contributed by atoms with Gasteiger partial charge in [0, 0.05) is 12.3 Å². The summed E-state index contributed by atoms with van der Waals surface area (Å²) in [5.41, 5.74) is 0.680. The van der Waals surface area contributed by atoms with E-state index in [9.17, 15) is 14.0 Å². The third-order valence-electron chi connectivity index (χ3n) is 4.25. The van der Waals surface area contributed by atoms with Crippen LogP contribution >= 0.6 is 0 Å². The molecule has 26 heavy (non-hydrogen) atoms. The summed E-state index contributed by atoms with van der Waals surface area (Å²) < 4.78 is 12.9. The first-order chi connectivity index (χ1) is 12.2. The van der Waals surface area contributed by atoms with Gasteiger partial charge in [0.05, 0.1) is 6.04 Å². The van der Waals surface area contributed by atoms with Crippen molar-refractivity contribution >= 4 is 11.7 Å². The standard InChI is InChI=1S/C18H24FNO2.2C2H6/c1-5-15(21)16(18(2,3)4)20-17(22)14-10-13(14)11-6-8-12(19)9-7-11;2*1-2/h6-9,13-14,16H,5,10H2,1-4H3,(H,20,22);2*1-2H3/t13-,14?,16?;;/m0../s1. The molecule has 0 bridgehead atoms. The van der Waals surface area contributed by atoms with E-state index >= 15 is 0 Å². The number of benzene rings is 1. The first-order valence-corrected chi connectivity index (χ1v) is 9.82. The highest BCUT2D eigenvalue weighted by molar-refractivity contribution is 5.91. The second-order valence-corrected chi connectivity index (χ2v) is 7.13. The topological polar surface area (TPSA) is 46.2 Å². The second-order valence-electron chi connectivity index (χ2n) is 7.13. The molecule has 3 nitrogen and oxygen atoms in total. The van der Waals surface area contributed by atoms with Crippen LogP contribution in [-0.2, 0) is 9.59 Å². The lowest BCUT2D eigenvalue weighted by molar-refractivity contribution is -0.130. The van der Waals surface area contributed by atoms with Crippen molar-refractivity contribution < 1.29 is 14.0 Å². The monoisotopic (exact) mass is 365 g/mol. The quantitative estimate of drug-likeness (QED) is 0.750. The van der Waals surface area contributed by atoms with Gasteiger partial charge >= 0.3 is 0 Å². The van der Waals surface area contributed by atoms with Gasteiger partial charge in [0.15, 0.2) is 5.78 Å². The molecular weight excluding hydrogens is 329 g/mol. The number of amides is 1. The highest BCUT2D eigenvalue weighted by atomic mass is 19.1. The Kier molecular flexibility index (Phi) is 10.4. The van der Waals surface area contributed by atoms with E-state index in [1.807, 2.05) is 55.4 Å². The number of carbonyl (C=O) groups is 2. The van der Waals surface area contributed by atoms with Gasteiger partial charge in [-0.05, 0) is 35.4 Å². The molecule has 1 aliphatic rings. The Morgan fingerprint density at radius 2 is 1.62 bits per heavy atom. The van der Waals surface area contributed by atoms with Crippen LogP contribution < -0.4 is 5.32 Å². The normalized spacial score (nSPS) is 19.1. The van der Waals surface area contributed by atoms with E-state index in [-0.39, 0.29) is 34.8 Å². The second kappa shape index (κ2) is 11.1. The average Bonchev–Trinajstić information content (AvgIpc) is 3.43. The summed E-state index contributed by atoms with van der Waals surface area (Å²) in [5, 5.41) is 2.92. The predicted molar refractivity (Wildman–Crippen MR) is 107 cm³/mol. The number of nitrogens with one attached hydrogen (secondary N) is 1. The Bertz CT molecular complexity index is 561. The van der Waals surface area contributed by atoms with Gasteiger partial charge in [-0.1, -0.05) is 67.5 Å². The molecule has 0 spiro atoms. The van der Waals surface area contributed by atoms with Crippen molar-refractivity contribution in [3.8, 4) is 0 Å². The van der Waals surface area contributed by atoms with Crippen LogP contribution in [0.4, 0.5) is 4.39 Å². The first-order valence-electron chi connectivity index (χ1n) is 9.82. The molecule has 1 aliphatic carbocycles. The van der Waals surface area contributed by atoms with Crippen molar-refractivity contribution in [3.63, 3.8) is 0 Å². The lowest BCUT2D eigenvalue weighted by atomic mass is 9.83. The van der Waals surface area contributed by atoms with Gasteiger partial charge in [-0.3, -0.25) is 9.59 Å². The molecule has 1 saturated carbocycles. The van der Waals surface area contributed by atoms with Crippen LogP contribution in [0.5, 0.6) is 0 Å². The van der Waals surface area contributed by atoms with Crippen molar-refractivity contribution in [1.29, 1.82) is 0 Å². The van der Waals surface area contributed by atoms with Gasteiger partial charge in [0.25, 0.3) is 0 Å². The Morgan fingerprint density at radius 1 is 1.12 bits per heavy atom. The average molecular weight is 366 g/mol. The van der Waals surface area contributed by atoms with E-state index in [2.05, 4.69) is 5.32 Å². The fraction of sp³-hybridized carbons (Fsp3) is 0.636. The summed E-state index contributed by atoms with van der Waals surface area (Å²) in [5.74, 6) is -0.263. The molecule has 0 aliphatic heterocycles. The van der Waals surface area contributed by atoms with Crippen LogP contribution in [0.1, 0.15) is 79.7 Å². The van der Waals surface area contributed by atoms with E-state index in [0.717, 1.165) is 12.0 Å². The molecule has 148 valence electrons. The molecule has 2 unspecified atom stereocenters. The highest BCUT2D eigenvalue weighted by Crippen LogP contribution is 2.47. The van der Waals surface area contributed by atoms with E-state index < -0.39 is 6.04 Å². The zero-order valence-corrected chi connectivity index (χ0v) is 17.7. The number of halogens is 1. The summed E-state index contributed by atoms with van der Waals surface area (Å²) in [6, 6.07) is 5.83. The van der Waals surface area contributed by atoms with Gasteiger partial charge in [-0.15, -0.1) is 0 Å². The van der Waals surface area contributed by atoms with Crippen LogP contribution in [0.15, 0.2) is 24.3 Å². The molecule has 0 saturated heterocycles. The maximum atomic E-state index is 12.9. The van der Waals surface area contributed by atoms with E-state index in [1.54, 1.807) is 12.1 Å². The molecule has 0 radical (unpaired) electrons. The molecule has 1 amide bonds. The van der Waals surface area contributed by atoms with Crippen molar-refractivity contribution in [2.24, 2.45) is 11.3 Å². The summed E-state index contributed by atoms with van der Waals surface area (Å²) in [7, 11) is 0. The maximum absolute atomic E-state index is 12.9. The van der Waals surface area contributed by atoms with Gasteiger partial charge in [0.1, 0.15) is 5.82 Å². The van der Waals surface area contributed by atoms with Gasteiger partial charge in [-0.25, -0.2) is 4.39 Å². The van der Waals surface area contributed by atoms with E-state index in [0.29, 0.717) is 6.42 Å². The van der Waals surface area contributed by atoms with Crippen molar-refractivity contribution in [1.82, 2.24) is 5.32 Å². The minimum atomic E-state index is -0.459. The summed E-state index contributed by atoms with van der Waals surface area (Å²) >= 11 is 0. The van der Waals surface area contributed by atoms with Crippen molar-refractivity contribution in [2.45, 2.75) is 80.2 Å². The number of Topliss-reactive ketones (excluding diaryl/α,β-unsaturated/α-hetero) is 1. The molecule has 2 rings (SSSR count). The number of carbonyl (C=O) groups excluding carboxylic acids is 2.